The van der Waals surface area contributed by atoms with Crippen molar-refractivity contribution < 1.29 is 13.3 Å². The maximum atomic E-state index is 5.89. The fourth-order valence-electron chi connectivity index (χ4n) is 2.00. The second kappa shape index (κ2) is 10.5. The zero-order valence-electron chi connectivity index (χ0n) is 13.5. The zero-order valence-corrected chi connectivity index (χ0v) is 14.5. The second-order valence-corrected chi connectivity index (χ2v) is 7.69. The molecule has 4 nitrogen and oxygen atoms in total. The Morgan fingerprint density at radius 2 is 1.47 bits per heavy atom. The van der Waals surface area contributed by atoms with E-state index in [2.05, 4.69) is 25.8 Å². The van der Waals surface area contributed by atoms with Gasteiger partial charge in [0.15, 0.2) is 0 Å². The maximum absolute atomic E-state index is 5.89. The highest BCUT2D eigenvalue weighted by Gasteiger charge is 2.46. The molecule has 0 aromatic rings. The van der Waals surface area contributed by atoms with Crippen molar-refractivity contribution in [3.8, 4) is 0 Å². The monoisotopic (exact) mass is 289 g/mol. The summed E-state index contributed by atoms with van der Waals surface area (Å²) in [5, 5.41) is 0. The van der Waals surface area contributed by atoms with Crippen LogP contribution in [0.5, 0.6) is 0 Å². The molecule has 0 aromatic carbocycles. The van der Waals surface area contributed by atoms with E-state index in [0.717, 1.165) is 19.4 Å². The van der Waals surface area contributed by atoms with Gasteiger partial charge in [0.2, 0.25) is 0 Å². The van der Waals surface area contributed by atoms with Crippen molar-refractivity contribution in [1.29, 1.82) is 0 Å². The van der Waals surface area contributed by atoms with Crippen LogP contribution in [0.3, 0.4) is 0 Å². The Balaban J connectivity index is 4.76. The molecule has 0 bridgehead atoms. The molecule has 0 rings (SSSR count). The van der Waals surface area contributed by atoms with E-state index < -0.39 is 8.80 Å². The van der Waals surface area contributed by atoms with Crippen LogP contribution in [-0.4, -0.2) is 40.9 Å². The summed E-state index contributed by atoms with van der Waals surface area (Å²) in [4.78, 5) is 4.64. The van der Waals surface area contributed by atoms with Gasteiger partial charge in [-0.2, -0.15) is 0 Å². The van der Waals surface area contributed by atoms with Crippen LogP contribution >= 0.6 is 0 Å². The fourth-order valence-corrected chi connectivity index (χ4v) is 4.63. The van der Waals surface area contributed by atoms with Crippen LogP contribution in [0.15, 0.2) is 4.99 Å². The van der Waals surface area contributed by atoms with E-state index in [1.54, 1.807) is 0 Å². The van der Waals surface area contributed by atoms with Gasteiger partial charge in [-0.1, -0.05) is 20.3 Å². The molecule has 1 atom stereocenters. The molecular weight excluding hydrogens is 258 g/mol. The smallest absolute Gasteiger partial charge is 0.374 e. The molecule has 0 aliphatic rings. The summed E-state index contributed by atoms with van der Waals surface area (Å²) in [6, 6.07) is 0. The van der Waals surface area contributed by atoms with Crippen LogP contribution in [-0.2, 0) is 13.3 Å². The Hall–Kier alpha value is -0.233. The molecule has 0 aliphatic carbocycles. The number of aliphatic imine (C=N–C) groups is 1. The van der Waals surface area contributed by atoms with Crippen molar-refractivity contribution in [3.63, 3.8) is 0 Å². The van der Waals surface area contributed by atoms with Gasteiger partial charge in [0.05, 0.1) is 0 Å². The van der Waals surface area contributed by atoms with E-state index in [1.807, 2.05) is 20.8 Å². The van der Waals surface area contributed by atoms with Gasteiger partial charge in [-0.25, -0.2) is 0 Å². The molecule has 0 radical (unpaired) electrons. The Labute approximate surface area is 119 Å². The van der Waals surface area contributed by atoms with Crippen molar-refractivity contribution >= 4 is 14.5 Å². The van der Waals surface area contributed by atoms with Gasteiger partial charge in [-0.05, 0) is 34.1 Å². The van der Waals surface area contributed by atoms with Crippen LogP contribution in [0.4, 0.5) is 0 Å². The van der Waals surface area contributed by atoms with E-state index in [0.29, 0.717) is 19.8 Å². The lowest BCUT2D eigenvalue weighted by molar-refractivity contribution is 0.0633. The summed E-state index contributed by atoms with van der Waals surface area (Å²) in [6.45, 7) is 14.9. The molecule has 114 valence electrons. The van der Waals surface area contributed by atoms with Gasteiger partial charge in [0, 0.05) is 37.6 Å². The van der Waals surface area contributed by atoms with E-state index in [4.69, 9.17) is 13.3 Å². The van der Waals surface area contributed by atoms with Gasteiger partial charge < -0.3 is 13.3 Å². The minimum atomic E-state index is -2.60. The first-order valence-electron chi connectivity index (χ1n) is 7.47. The quantitative estimate of drug-likeness (QED) is 0.430. The largest absolute Gasteiger partial charge is 0.505 e. The van der Waals surface area contributed by atoms with Crippen LogP contribution in [0, 0.1) is 0 Å². The lowest BCUT2D eigenvalue weighted by Gasteiger charge is -2.32. The minimum absolute atomic E-state index is 0.194. The van der Waals surface area contributed by atoms with Crippen molar-refractivity contribution in [2.45, 2.75) is 59.9 Å². The summed E-state index contributed by atoms with van der Waals surface area (Å²) in [6.07, 6.45) is 2.19. The molecule has 0 amide bonds. The molecule has 0 fully saturated rings. The zero-order chi connectivity index (χ0) is 14.7. The standard InChI is InChI=1S/C14H31NO3Si/c1-7-11-13(5)15-12-14(6)19(16-8-2,17-9-3)18-10-4/h14H,7-12H2,1-6H3. The highest BCUT2D eigenvalue weighted by molar-refractivity contribution is 6.62. The summed E-state index contributed by atoms with van der Waals surface area (Å²) in [7, 11) is -2.60. The number of hydrogen-bond donors (Lipinski definition) is 0. The van der Waals surface area contributed by atoms with Crippen LogP contribution in [0.25, 0.3) is 0 Å². The van der Waals surface area contributed by atoms with E-state index in [1.165, 1.54) is 5.71 Å². The molecule has 5 heteroatoms. The normalized spacial score (nSPS) is 14.7. The van der Waals surface area contributed by atoms with Crippen molar-refractivity contribution in [3.05, 3.63) is 0 Å². The lowest BCUT2D eigenvalue weighted by Crippen LogP contribution is -2.50. The van der Waals surface area contributed by atoms with Gasteiger partial charge in [0.25, 0.3) is 0 Å². The van der Waals surface area contributed by atoms with E-state index >= 15 is 0 Å². The molecule has 0 saturated carbocycles. The molecule has 0 saturated heterocycles. The van der Waals surface area contributed by atoms with Crippen LogP contribution in [0.2, 0.25) is 5.54 Å². The second-order valence-electron chi connectivity index (χ2n) is 4.63. The first kappa shape index (κ1) is 18.8. The summed E-state index contributed by atoms with van der Waals surface area (Å²) in [5.74, 6) is 0. The predicted molar refractivity (Wildman–Crippen MR) is 82.9 cm³/mol. The average molecular weight is 289 g/mol. The van der Waals surface area contributed by atoms with Crippen molar-refractivity contribution in [2.75, 3.05) is 26.4 Å². The maximum Gasteiger partial charge on any atom is 0.505 e. The van der Waals surface area contributed by atoms with Gasteiger partial charge in [-0.15, -0.1) is 0 Å². The Bertz CT molecular complexity index is 242. The first-order chi connectivity index (χ1) is 9.06. The molecule has 0 spiro atoms. The highest BCUT2D eigenvalue weighted by atomic mass is 28.4. The number of rotatable bonds is 11. The summed E-state index contributed by atoms with van der Waals surface area (Å²) in [5.41, 5.74) is 1.39. The van der Waals surface area contributed by atoms with Crippen molar-refractivity contribution in [2.24, 2.45) is 4.99 Å². The summed E-state index contributed by atoms with van der Waals surface area (Å²) < 4.78 is 17.7. The summed E-state index contributed by atoms with van der Waals surface area (Å²) >= 11 is 0. The van der Waals surface area contributed by atoms with Crippen molar-refractivity contribution in [1.82, 2.24) is 0 Å². The Morgan fingerprint density at radius 3 is 1.84 bits per heavy atom. The first-order valence-corrected chi connectivity index (χ1v) is 9.28. The van der Waals surface area contributed by atoms with E-state index in [9.17, 15) is 0 Å². The Morgan fingerprint density at radius 1 is 1.00 bits per heavy atom. The van der Waals surface area contributed by atoms with E-state index in [-0.39, 0.29) is 5.54 Å². The SMILES string of the molecule is CCCC(C)=NCC(C)[Si](OCC)(OCC)OCC. The molecule has 19 heavy (non-hydrogen) atoms. The third-order valence-corrected chi connectivity index (χ3v) is 6.35. The Kier molecular flexibility index (Phi) is 10.4. The van der Waals surface area contributed by atoms with Gasteiger partial charge >= 0.3 is 8.80 Å². The lowest BCUT2D eigenvalue weighted by atomic mass is 10.2. The molecule has 1 unspecified atom stereocenters. The topological polar surface area (TPSA) is 40.0 Å². The molecular formula is C14H31NO3Si. The van der Waals surface area contributed by atoms with Gasteiger partial charge in [-0.3, -0.25) is 4.99 Å². The fraction of sp³-hybridized carbons (Fsp3) is 0.929. The minimum Gasteiger partial charge on any atom is -0.374 e. The van der Waals surface area contributed by atoms with Crippen LogP contribution < -0.4 is 0 Å². The molecule has 0 heterocycles. The highest BCUT2D eigenvalue weighted by Crippen LogP contribution is 2.26. The number of hydrogen-bond acceptors (Lipinski definition) is 4. The predicted octanol–water partition coefficient (Wildman–Crippen LogP) is 3.69. The molecule has 0 aliphatic heterocycles. The third-order valence-electron chi connectivity index (χ3n) is 2.89. The average Bonchev–Trinajstić information content (AvgIpc) is 2.37. The third kappa shape index (κ3) is 6.65. The van der Waals surface area contributed by atoms with Gasteiger partial charge in [0.1, 0.15) is 0 Å². The number of nitrogens with zero attached hydrogens (tertiary/aromatic N) is 1. The molecule has 0 N–H and O–H groups in total. The van der Waals surface area contributed by atoms with Crippen LogP contribution in [0.1, 0.15) is 54.4 Å². The molecule has 0 aromatic heterocycles.